The van der Waals surface area contributed by atoms with Gasteiger partial charge < -0.3 is 5.32 Å². The summed E-state index contributed by atoms with van der Waals surface area (Å²) >= 11 is 0. The van der Waals surface area contributed by atoms with Gasteiger partial charge in [0.1, 0.15) is 0 Å². The molecule has 0 aliphatic heterocycles. The number of halogens is 3. The molecule has 0 radical (unpaired) electrons. The minimum atomic E-state index is -4.37. The summed E-state index contributed by atoms with van der Waals surface area (Å²) in [6, 6.07) is 3.91. The van der Waals surface area contributed by atoms with E-state index >= 15 is 0 Å². The van der Waals surface area contributed by atoms with Crippen molar-refractivity contribution < 1.29 is 18.0 Å². The van der Waals surface area contributed by atoms with E-state index in [1.807, 2.05) is 13.8 Å². The van der Waals surface area contributed by atoms with Crippen LogP contribution in [-0.4, -0.2) is 12.8 Å². The van der Waals surface area contributed by atoms with E-state index in [2.05, 4.69) is 5.32 Å². The van der Waals surface area contributed by atoms with Crippen molar-refractivity contribution in [1.29, 1.82) is 0 Å². The summed E-state index contributed by atoms with van der Waals surface area (Å²) in [7, 11) is 1.66. The summed E-state index contributed by atoms with van der Waals surface area (Å²) in [6.45, 7) is 6.64. The summed E-state index contributed by atoms with van der Waals surface area (Å²) < 4.78 is 38.4. The SMILES string of the molecule is CN/C(=C(\C(C)=O)C(C)C)c1ccc(C(F)(F)F)c(C)c1. The van der Waals surface area contributed by atoms with Crippen molar-refractivity contribution in [2.45, 2.75) is 33.9 Å². The number of ketones is 1. The molecule has 0 saturated heterocycles. The number of alkyl halides is 3. The van der Waals surface area contributed by atoms with Gasteiger partial charge in [0, 0.05) is 18.3 Å². The van der Waals surface area contributed by atoms with Gasteiger partial charge in [-0.1, -0.05) is 19.9 Å². The molecule has 0 heterocycles. The predicted molar refractivity (Wildman–Crippen MR) is 77.7 cm³/mol. The minimum Gasteiger partial charge on any atom is -0.387 e. The molecular formula is C16H20F3NO. The zero-order chi connectivity index (χ0) is 16.4. The van der Waals surface area contributed by atoms with Gasteiger partial charge in [-0.05, 0) is 43.0 Å². The molecule has 0 bridgehead atoms. The summed E-state index contributed by atoms with van der Waals surface area (Å²) in [5.74, 6) is -0.112. The van der Waals surface area contributed by atoms with Gasteiger partial charge in [0.15, 0.2) is 5.78 Å². The standard InChI is InChI=1S/C16H20F3NO/c1-9(2)14(11(4)21)15(20-5)12-6-7-13(10(3)8-12)16(17,18)19/h6-9,20H,1-5H3/b15-14-. The molecule has 0 saturated carbocycles. The lowest BCUT2D eigenvalue weighted by Crippen LogP contribution is -2.16. The third-order valence-corrected chi connectivity index (χ3v) is 3.30. The highest BCUT2D eigenvalue weighted by Gasteiger charge is 2.32. The van der Waals surface area contributed by atoms with Crippen LogP contribution in [0, 0.1) is 12.8 Å². The van der Waals surface area contributed by atoms with Gasteiger partial charge in [-0.15, -0.1) is 0 Å². The van der Waals surface area contributed by atoms with Gasteiger partial charge >= 0.3 is 6.18 Å². The second-order valence-corrected chi connectivity index (χ2v) is 5.28. The maximum Gasteiger partial charge on any atom is 0.416 e. The van der Waals surface area contributed by atoms with E-state index < -0.39 is 11.7 Å². The molecule has 0 aliphatic rings. The zero-order valence-corrected chi connectivity index (χ0v) is 12.9. The number of rotatable bonds is 4. The second kappa shape index (κ2) is 6.33. The van der Waals surface area contributed by atoms with Crippen molar-refractivity contribution in [3.8, 4) is 0 Å². The van der Waals surface area contributed by atoms with Crippen molar-refractivity contribution >= 4 is 11.5 Å². The van der Waals surface area contributed by atoms with Gasteiger partial charge in [0.05, 0.1) is 5.56 Å². The molecule has 5 heteroatoms. The lowest BCUT2D eigenvalue weighted by molar-refractivity contribution is -0.138. The number of hydrogen-bond donors (Lipinski definition) is 1. The Kier molecular flexibility index (Phi) is 5.20. The normalized spacial score (nSPS) is 13.2. The van der Waals surface area contributed by atoms with E-state index in [-0.39, 0.29) is 17.3 Å². The fourth-order valence-corrected chi connectivity index (χ4v) is 2.44. The molecule has 0 unspecified atom stereocenters. The smallest absolute Gasteiger partial charge is 0.387 e. The fraction of sp³-hybridized carbons (Fsp3) is 0.438. The van der Waals surface area contributed by atoms with Crippen LogP contribution in [0.4, 0.5) is 13.2 Å². The predicted octanol–water partition coefficient (Wildman–Crippen LogP) is 4.19. The van der Waals surface area contributed by atoms with Crippen LogP contribution in [0.1, 0.15) is 37.5 Å². The summed E-state index contributed by atoms with van der Waals surface area (Å²) in [6.07, 6.45) is -4.37. The molecular weight excluding hydrogens is 279 g/mol. The van der Waals surface area contributed by atoms with Gasteiger partial charge in [-0.3, -0.25) is 4.79 Å². The van der Waals surface area contributed by atoms with Crippen LogP contribution in [0.2, 0.25) is 0 Å². The van der Waals surface area contributed by atoms with Crippen molar-refractivity contribution in [1.82, 2.24) is 5.32 Å². The van der Waals surface area contributed by atoms with Crippen LogP contribution in [0.15, 0.2) is 23.8 Å². The Morgan fingerprint density at radius 1 is 1.24 bits per heavy atom. The van der Waals surface area contributed by atoms with Gasteiger partial charge in [0.25, 0.3) is 0 Å². The van der Waals surface area contributed by atoms with Crippen molar-refractivity contribution in [3.05, 3.63) is 40.5 Å². The Morgan fingerprint density at radius 3 is 2.14 bits per heavy atom. The van der Waals surface area contributed by atoms with Crippen molar-refractivity contribution in [3.63, 3.8) is 0 Å². The highest BCUT2D eigenvalue weighted by Crippen LogP contribution is 2.33. The van der Waals surface area contributed by atoms with E-state index in [9.17, 15) is 18.0 Å². The largest absolute Gasteiger partial charge is 0.416 e. The first-order valence-corrected chi connectivity index (χ1v) is 6.70. The Bertz CT molecular complexity index is 571. The van der Waals surface area contributed by atoms with Crippen molar-refractivity contribution in [2.75, 3.05) is 7.05 Å². The van der Waals surface area contributed by atoms with Crippen LogP contribution < -0.4 is 5.32 Å². The van der Waals surface area contributed by atoms with Crippen LogP contribution in [0.25, 0.3) is 5.70 Å². The number of Topliss-reactive ketones (excluding diaryl/α,β-unsaturated/α-hetero) is 1. The molecule has 2 nitrogen and oxygen atoms in total. The van der Waals surface area contributed by atoms with E-state index in [0.29, 0.717) is 16.8 Å². The molecule has 1 N–H and O–H groups in total. The molecule has 1 aromatic rings. The van der Waals surface area contributed by atoms with Gasteiger partial charge in [-0.25, -0.2) is 0 Å². The summed E-state index contributed by atoms with van der Waals surface area (Å²) in [4.78, 5) is 11.8. The van der Waals surface area contributed by atoms with E-state index in [1.165, 1.54) is 26.0 Å². The maximum atomic E-state index is 12.8. The van der Waals surface area contributed by atoms with E-state index in [4.69, 9.17) is 0 Å². The van der Waals surface area contributed by atoms with Crippen molar-refractivity contribution in [2.24, 2.45) is 5.92 Å². The third kappa shape index (κ3) is 3.86. The molecule has 0 spiro atoms. The highest BCUT2D eigenvalue weighted by atomic mass is 19.4. The average Bonchev–Trinajstić information content (AvgIpc) is 2.32. The number of benzene rings is 1. The van der Waals surface area contributed by atoms with Crippen LogP contribution in [0.5, 0.6) is 0 Å². The first-order chi connectivity index (χ1) is 9.59. The highest BCUT2D eigenvalue weighted by molar-refractivity contribution is 6.01. The van der Waals surface area contributed by atoms with Crippen LogP contribution >= 0.6 is 0 Å². The number of carbonyl (C=O) groups is 1. The average molecular weight is 299 g/mol. The molecule has 21 heavy (non-hydrogen) atoms. The molecule has 0 aromatic heterocycles. The van der Waals surface area contributed by atoms with Crippen LogP contribution in [0.3, 0.4) is 0 Å². The first-order valence-electron chi connectivity index (χ1n) is 6.70. The monoisotopic (exact) mass is 299 g/mol. The summed E-state index contributed by atoms with van der Waals surface area (Å²) in [5, 5.41) is 2.94. The number of allylic oxidation sites excluding steroid dienone is 1. The topological polar surface area (TPSA) is 29.1 Å². The lowest BCUT2D eigenvalue weighted by atomic mass is 9.92. The minimum absolute atomic E-state index is 0.0208. The van der Waals surface area contributed by atoms with Gasteiger partial charge in [-0.2, -0.15) is 13.2 Å². The number of carbonyl (C=O) groups excluding carboxylic acids is 1. The second-order valence-electron chi connectivity index (χ2n) is 5.28. The van der Waals surface area contributed by atoms with E-state index in [1.54, 1.807) is 7.05 Å². The number of aryl methyl sites for hydroxylation is 1. The maximum absolute atomic E-state index is 12.8. The number of hydrogen-bond acceptors (Lipinski definition) is 2. The Hall–Kier alpha value is -1.78. The van der Waals surface area contributed by atoms with E-state index in [0.717, 1.165) is 6.07 Å². The molecule has 1 aromatic carbocycles. The molecule has 1 rings (SSSR count). The molecule has 0 aliphatic carbocycles. The number of nitrogens with one attached hydrogen (secondary N) is 1. The molecule has 0 amide bonds. The third-order valence-electron chi connectivity index (χ3n) is 3.30. The lowest BCUT2D eigenvalue weighted by Gasteiger charge is -2.18. The molecule has 0 fully saturated rings. The Balaban J connectivity index is 3.47. The Labute approximate surface area is 123 Å². The van der Waals surface area contributed by atoms with Gasteiger partial charge in [0.2, 0.25) is 0 Å². The van der Waals surface area contributed by atoms with Crippen LogP contribution in [-0.2, 0) is 11.0 Å². The fourth-order valence-electron chi connectivity index (χ4n) is 2.44. The zero-order valence-electron chi connectivity index (χ0n) is 12.9. The Morgan fingerprint density at radius 2 is 1.81 bits per heavy atom. The molecule has 116 valence electrons. The summed E-state index contributed by atoms with van der Waals surface area (Å²) in [5.41, 5.74) is 1.22. The first kappa shape index (κ1) is 17.3. The quantitative estimate of drug-likeness (QED) is 0.845. The molecule has 0 atom stereocenters.